The number of aliphatic hydroxyl groups is 2. The number of hydrogen-bond donors (Lipinski definition) is 3. The van der Waals surface area contributed by atoms with Crippen LogP contribution in [-0.4, -0.2) is 92.0 Å². The third kappa shape index (κ3) is 4.46. The third-order valence-electron chi connectivity index (χ3n) is 8.83. The van der Waals surface area contributed by atoms with Gasteiger partial charge in [-0.05, 0) is 64.7 Å². The van der Waals surface area contributed by atoms with Gasteiger partial charge in [-0.25, -0.2) is 4.79 Å². The number of cyclic esters (lactones) is 1. The van der Waals surface area contributed by atoms with Gasteiger partial charge in [0.1, 0.15) is 12.2 Å². The van der Waals surface area contributed by atoms with Crippen molar-refractivity contribution in [3.05, 3.63) is 34.3 Å². The van der Waals surface area contributed by atoms with Crippen molar-refractivity contribution in [2.75, 3.05) is 40.9 Å². The van der Waals surface area contributed by atoms with Crippen LogP contribution in [0.4, 0.5) is 0 Å². The Morgan fingerprint density at radius 2 is 1.97 bits per heavy atom. The fraction of sp³-hybridized carbons (Fsp3) is 0.679. The quantitative estimate of drug-likeness (QED) is 0.241. The highest BCUT2D eigenvalue weighted by atomic mass is 16.6. The molecule has 6 atom stereocenters. The molecule has 210 valence electrons. The van der Waals surface area contributed by atoms with Crippen molar-refractivity contribution in [1.29, 1.82) is 0 Å². The Kier molecular flexibility index (Phi) is 7.80. The van der Waals surface area contributed by atoms with E-state index in [0.717, 1.165) is 13.0 Å². The summed E-state index contributed by atoms with van der Waals surface area (Å²) in [6.45, 7) is 6.42. The molecule has 1 saturated heterocycles. The lowest BCUT2D eigenvalue weighted by molar-refractivity contribution is -0.160. The van der Waals surface area contributed by atoms with Crippen LogP contribution >= 0.6 is 0 Å². The van der Waals surface area contributed by atoms with Gasteiger partial charge in [0.05, 0.1) is 23.7 Å². The predicted octanol–water partition coefficient (Wildman–Crippen LogP) is 1.79. The number of fused-ring (bicyclic) bond motifs is 4. The van der Waals surface area contributed by atoms with Gasteiger partial charge in [0.15, 0.2) is 5.76 Å². The molecule has 1 heterocycles. The summed E-state index contributed by atoms with van der Waals surface area (Å²) >= 11 is 0. The number of allylic oxidation sites excluding steroid dienone is 1. The molecule has 4 aliphatic rings. The van der Waals surface area contributed by atoms with E-state index in [2.05, 4.69) is 5.32 Å². The van der Waals surface area contributed by atoms with E-state index in [1.807, 2.05) is 25.9 Å². The Labute approximate surface area is 223 Å². The number of nitrogens with one attached hydrogen (secondary N) is 1. The van der Waals surface area contributed by atoms with Gasteiger partial charge in [-0.1, -0.05) is 6.92 Å². The standard InChI is InChI=1S/C28H40N2O8/c1-15(31)37-18-12-27(2)17(8-9-19(27)32)21-23(18)28(3)20(14-36-6)38-26(35)16(22(28)25(34)24(21)33)13-29-10-7-11-30(4)5/h13,17-20,29,32,34H,7-12,14H2,1-6H3/b16-13+/t17-,18+,19-,20+,27-,28-/m0/s1. The molecule has 10 heteroatoms. The van der Waals surface area contributed by atoms with Gasteiger partial charge in [-0.3, -0.25) is 9.59 Å². The summed E-state index contributed by atoms with van der Waals surface area (Å²) in [6.07, 6.45) is 1.25. The zero-order valence-corrected chi connectivity index (χ0v) is 23.1. The molecule has 0 aromatic rings. The maximum absolute atomic E-state index is 13.9. The molecule has 1 saturated carbocycles. The number of methoxy groups -OCH3 is 1. The number of rotatable bonds is 8. The number of Topliss-reactive ketones (excluding diaryl/α,β-unsaturated/α-hetero) is 1. The second-order valence-electron chi connectivity index (χ2n) is 11.6. The minimum absolute atomic E-state index is 0.00485. The third-order valence-corrected chi connectivity index (χ3v) is 8.83. The Bertz CT molecular complexity index is 1110. The summed E-state index contributed by atoms with van der Waals surface area (Å²) in [5, 5.41) is 25.5. The number of nitrogens with zero attached hydrogens (tertiary/aromatic N) is 1. The Hall–Kier alpha value is -2.69. The van der Waals surface area contributed by atoms with Crippen molar-refractivity contribution in [3.8, 4) is 0 Å². The number of hydrogen-bond acceptors (Lipinski definition) is 10. The topological polar surface area (TPSA) is 135 Å². The Morgan fingerprint density at radius 1 is 1.26 bits per heavy atom. The molecule has 0 unspecified atom stereocenters. The van der Waals surface area contributed by atoms with Crippen molar-refractivity contribution in [2.24, 2.45) is 16.7 Å². The molecule has 3 N–H and O–H groups in total. The molecule has 3 aliphatic carbocycles. The fourth-order valence-electron chi connectivity index (χ4n) is 6.96. The Morgan fingerprint density at radius 3 is 2.61 bits per heavy atom. The molecular weight excluding hydrogens is 492 g/mol. The molecular formula is C28H40N2O8. The van der Waals surface area contributed by atoms with Gasteiger partial charge in [0.25, 0.3) is 0 Å². The second kappa shape index (κ2) is 10.5. The largest absolute Gasteiger partial charge is 0.504 e. The van der Waals surface area contributed by atoms with Gasteiger partial charge in [0, 0.05) is 43.3 Å². The van der Waals surface area contributed by atoms with Crippen molar-refractivity contribution in [3.63, 3.8) is 0 Å². The molecule has 2 fully saturated rings. The lowest BCUT2D eigenvalue weighted by Gasteiger charge is -2.54. The first-order valence-corrected chi connectivity index (χ1v) is 13.2. The van der Waals surface area contributed by atoms with Gasteiger partial charge in [-0.2, -0.15) is 0 Å². The van der Waals surface area contributed by atoms with Crippen molar-refractivity contribution >= 4 is 17.7 Å². The number of ketones is 1. The number of ether oxygens (including phenoxy) is 3. The van der Waals surface area contributed by atoms with Crippen LogP contribution in [-0.2, 0) is 28.6 Å². The molecule has 0 radical (unpaired) electrons. The minimum Gasteiger partial charge on any atom is -0.504 e. The maximum atomic E-state index is 13.9. The number of esters is 2. The normalized spacial score (nSPS) is 35.7. The van der Waals surface area contributed by atoms with E-state index >= 15 is 0 Å². The van der Waals surface area contributed by atoms with Crippen LogP contribution < -0.4 is 5.32 Å². The van der Waals surface area contributed by atoms with E-state index in [-0.39, 0.29) is 23.7 Å². The summed E-state index contributed by atoms with van der Waals surface area (Å²) in [7, 11) is 5.42. The first-order chi connectivity index (χ1) is 17.9. The van der Waals surface area contributed by atoms with Crippen LogP contribution in [0.15, 0.2) is 34.3 Å². The number of aliphatic hydroxyl groups excluding tert-OH is 2. The summed E-state index contributed by atoms with van der Waals surface area (Å²) in [5.41, 5.74) is -0.832. The number of carbonyl (C=O) groups is 3. The molecule has 1 aliphatic heterocycles. The van der Waals surface area contributed by atoms with Crippen molar-refractivity contribution in [1.82, 2.24) is 10.2 Å². The van der Waals surface area contributed by atoms with E-state index < -0.39 is 52.6 Å². The highest BCUT2D eigenvalue weighted by Crippen LogP contribution is 2.63. The van der Waals surface area contributed by atoms with Gasteiger partial charge >= 0.3 is 11.9 Å². The van der Waals surface area contributed by atoms with E-state index in [0.29, 0.717) is 37.0 Å². The fourth-order valence-corrected chi connectivity index (χ4v) is 6.96. The average Bonchev–Trinajstić information content (AvgIpc) is 3.12. The minimum atomic E-state index is -1.20. The molecule has 0 aromatic carbocycles. The molecule has 4 rings (SSSR count). The molecule has 0 aromatic heterocycles. The smallest absolute Gasteiger partial charge is 0.340 e. The van der Waals surface area contributed by atoms with Crippen LogP contribution in [0.5, 0.6) is 0 Å². The van der Waals surface area contributed by atoms with E-state index in [4.69, 9.17) is 14.2 Å². The lowest BCUT2D eigenvalue weighted by Crippen LogP contribution is -2.57. The van der Waals surface area contributed by atoms with Crippen LogP contribution in [0.2, 0.25) is 0 Å². The van der Waals surface area contributed by atoms with E-state index in [9.17, 15) is 24.6 Å². The zero-order valence-electron chi connectivity index (χ0n) is 23.1. The van der Waals surface area contributed by atoms with Crippen LogP contribution in [0.25, 0.3) is 0 Å². The van der Waals surface area contributed by atoms with Gasteiger partial charge < -0.3 is 34.6 Å². The highest BCUT2D eigenvalue weighted by Gasteiger charge is 2.64. The van der Waals surface area contributed by atoms with E-state index in [1.165, 1.54) is 20.2 Å². The van der Waals surface area contributed by atoms with Gasteiger partial charge in [0.2, 0.25) is 5.78 Å². The lowest BCUT2D eigenvalue weighted by atomic mass is 9.53. The number of carbonyl (C=O) groups excluding carboxylic acids is 3. The zero-order chi connectivity index (χ0) is 28.0. The highest BCUT2D eigenvalue weighted by molar-refractivity contribution is 6.13. The average molecular weight is 533 g/mol. The molecule has 0 bridgehead atoms. The summed E-state index contributed by atoms with van der Waals surface area (Å²) in [6, 6.07) is 0. The molecule has 10 nitrogen and oxygen atoms in total. The van der Waals surface area contributed by atoms with Crippen LogP contribution in [0.3, 0.4) is 0 Å². The van der Waals surface area contributed by atoms with Crippen molar-refractivity contribution in [2.45, 2.75) is 64.8 Å². The van der Waals surface area contributed by atoms with E-state index in [1.54, 1.807) is 6.92 Å². The summed E-state index contributed by atoms with van der Waals surface area (Å²) in [4.78, 5) is 41.4. The van der Waals surface area contributed by atoms with Gasteiger partial charge in [-0.15, -0.1) is 0 Å². The summed E-state index contributed by atoms with van der Waals surface area (Å²) < 4.78 is 17.1. The Balaban J connectivity index is 1.88. The first kappa shape index (κ1) is 28.3. The maximum Gasteiger partial charge on any atom is 0.340 e. The monoisotopic (exact) mass is 532 g/mol. The molecule has 0 spiro atoms. The molecule has 38 heavy (non-hydrogen) atoms. The first-order valence-electron chi connectivity index (χ1n) is 13.2. The molecule has 0 amide bonds. The van der Waals surface area contributed by atoms with Crippen molar-refractivity contribution < 1.29 is 38.8 Å². The SMILES string of the molecule is COC[C@H]1OC(=O)/C(=C/NCCCN(C)C)C2=C(O)C(=O)C3=C([C@H](OC(C)=O)C[C@]4(C)[C@@H](O)CC[C@@H]34)[C@]21C. The second-order valence-corrected chi connectivity index (χ2v) is 11.6. The van der Waals surface area contributed by atoms with Crippen LogP contribution in [0, 0.1) is 16.7 Å². The predicted molar refractivity (Wildman–Crippen MR) is 138 cm³/mol. The summed E-state index contributed by atoms with van der Waals surface area (Å²) in [5.74, 6) is -2.66. The van der Waals surface area contributed by atoms with Crippen LogP contribution in [0.1, 0.15) is 46.5 Å².